The predicted molar refractivity (Wildman–Crippen MR) is 141 cm³/mol. The van der Waals surface area contributed by atoms with Crippen LogP contribution in [0.1, 0.15) is 71.3 Å². The molecule has 3 aliphatic rings. The molecule has 0 aromatic heterocycles. The van der Waals surface area contributed by atoms with Gasteiger partial charge in [-0.15, -0.1) is 0 Å². The quantitative estimate of drug-likeness (QED) is 0.306. The van der Waals surface area contributed by atoms with Gasteiger partial charge in [-0.2, -0.15) is 26.3 Å². The van der Waals surface area contributed by atoms with Crippen molar-refractivity contribution >= 4 is 17.6 Å². The van der Waals surface area contributed by atoms with E-state index in [1.54, 1.807) is 12.1 Å². The Balaban J connectivity index is 1.46. The molecule has 0 unspecified atom stereocenters. The topological polar surface area (TPSA) is 59.1 Å². The second kappa shape index (κ2) is 11.3. The van der Waals surface area contributed by atoms with Gasteiger partial charge in [0, 0.05) is 17.7 Å². The number of methoxy groups -OCH3 is 1. The number of carbonyl (C=O) groups is 2. The maximum absolute atomic E-state index is 13.5. The first kappa shape index (κ1) is 31.6. The average molecular weight is 633 g/mol. The number of hydrogen-bond donors (Lipinski definition) is 0. The minimum atomic E-state index is -5.06. The number of cyclic esters (lactones) is 1. The lowest BCUT2D eigenvalue weighted by Gasteiger charge is -2.38. The van der Waals surface area contributed by atoms with Crippen molar-refractivity contribution < 1.29 is 54.2 Å². The molecule has 0 bridgehead atoms. The molecule has 2 aliphatic heterocycles. The molecule has 14 heteroatoms. The van der Waals surface area contributed by atoms with Gasteiger partial charge in [0.1, 0.15) is 11.9 Å². The van der Waals surface area contributed by atoms with E-state index < -0.39 is 72.2 Å². The lowest BCUT2D eigenvalue weighted by atomic mass is 9.85. The summed E-state index contributed by atoms with van der Waals surface area (Å²) >= 11 is 0. The molecule has 1 aliphatic carbocycles. The first-order valence-corrected chi connectivity index (χ1v) is 13.8. The van der Waals surface area contributed by atoms with E-state index in [0.29, 0.717) is 36.3 Å². The highest BCUT2D eigenvalue weighted by Crippen LogP contribution is 2.43. The fraction of sp³-hybridized carbons (Fsp3) is 0.467. The number of rotatable bonds is 6. The van der Waals surface area contributed by atoms with Gasteiger partial charge < -0.3 is 14.4 Å². The third-order valence-electron chi connectivity index (χ3n) is 8.18. The Bertz CT molecular complexity index is 1460. The Hall–Kier alpha value is -3.84. The molecule has 6 nitrogen and oxygen atoms in total. The number of carbonyl (C=O) groups excluding carboxylic acids is 2. The van der Waals surface area contributed by atoms with Gasteiger partial charge in [0.05, 0.1) is 37.4 Å². The fourth-order valence-electron chi connectivity index (χ4n) is 5.89. The largest absolute Gasteiger partial charge is 0.496 e. The second-order valence-electron chi connectivity index (χ2n) is 11.2. The van der Waals surface area contributed by atoms with Gasteiger partial charge in [0.25, 0.3) is 11.8 Å². The van der Waals surface area contributed by atoms with Gasteiger partial charge in [0.2, 0.25) is 0 Å². The lowest BCUT2D eigenvalue weighted by molar-refractivity contribution is -0.143. The number of likely N-dealkylation sites (tertiary alicyclic amines) is 1. The van der Waals surface area contributed by atoms with E-state index in [9.17, 15) is 44.7 Å². The predicted octanol–water partition coefficient (Wildman–Crippen LogP) is 7.73. The van der Waals surface area contributed by atoms with Crippen molar-refractivity contribution in [2.45, 2.75) is 63.0 Å². The molecule has 44 heavy (non-hydrogen) atoms. The molecule has 2 amide bonds. The van der Waals surface area contributed by atoms with E-state index in [1.807, 2.05) is 0 Å². The maximum Gasteiger partial charge on any atom is 0.416 e. The van der Waals surface area contributed by atoms with Crippen LogP contribution in [0.5, 0.6) is 5.75 Å². The van der Waals surface area contributed by atoms with Gasteiger partial charge in [-0.05, 0) is 85.7 Å². The average Bonchev–Trinajstić information content (AvgIpc) is 3.22. The number of benzene rings is 2. The van der Waals surface area contributed by atoms with Crippen molar-refractivity contribution in [2.75, 3.05) is 26.7 Å². The monoisotopic (exact) mass is 632 g/mol. The molecule has 2 aromatic rings. The zero-order valence-corrected chi connectivity index (χ0v) is 23.6. The zero-order chi connectivity index (χ0) is 32.2. The third-order valence-corrected chi connectivity index (χ3v) is 8.18. The van der Waals surface area contributed by atoms with E-state index in [-0.39, 0.29) is 18.2 Å². The van der Waals surface area contributed by atoms with Crippen LogP contribution in [0, 0.1) is 0 Å². The van der Waals surface area contributed by atoms with Crippen molar-refractivity contribution in [1.82, 2.24) is 9.80 Å². The molecule has 0 N–H and O–H groups in total. The number of ether oxygens (including phenoxy) is 2. The molecule has 238 valence electrons. The van der Waals surface area contributed by atoms with Crippen LogP contribution in [0.2, 0.25) is 0 Å². The van der Waals surface area contributed by atoms with Crippen molar-refractivity contribution in [3.8, 4) is 5.75 Å². The Kier molecular flexibility index (Phi) is 8.08. The SMILES string of the molecule is COc1ccc(C(=O)N2CC(F)(F)C2)cc1C1=C(CN2C(=O)O[C@H](c3cc(C(F)(F)F)cc(C(F)(F)F)c3)[C@@H]2C)CCCC1. The molecule has 2 aromatic carbocycles. The highest BCUT2D eigenvalue weighted by molar-refractivity contribution is 5.96. The molecular formula is C30H28F8N2O4. The number of halogens is 8. The third kappa shape index (κ3) is 6.20. The molecule has 2 atom stereocenters. The highest BCUT2D eigenvalue weighted by Gasteiger charge is 2.47. The zero-order valence-electron chi connectivity index (χ0n) is 23.6. The van der Waals surface area contributed by atoms with Crippen LogP contribution in [0.25, 0.3) is 5.57 Å². The molecule has 2 heterocycles. The first-order valence-electron chi connectivity index (χ1n) is 13.8. The standard InChI is InChI=1S/C30H28F8N2O4/c1-16-25(19-9-20(29(33,34)35)12-21(10-19)30(36,37)38)44-27(42)40(16)13-18-5-3-4-6-22(18)23-11-17(7-8-24(23)43-2)26(41)39-14-28(31,32)15-39/h7-12,16,25H,3-6,13-15H2,1-2H3/t16-,25-/m0/s1. The van der Waals surface area contributed by atoms with E-state index in [1.165, 1.54) is 25.0 Å². The van der Waals surface area contributed by atoms with Crippen LogP contribution in [0.15, 0.2) is 42.0 Å². The Morgan fingerprint density at radius 3 is 2.16 bits per heavy atom. The number of alkyl halides is 8. The number of nitrogens with zero attached hydrogens (tertiary/aromatic N) is 2. The molecular weight excluding hydrogens is 604 g/mol. The van der Waals surface area contributed by atoms with Crippen molar-refractivity contribution in [3.63, 3.8) is 0 Å². The van der Waals surface area contributed by atoms with Crippen LogP contribution in [-0.2, 0) is 17.1 Å². The number of hydrogen-bond acceptors (Lipinski definition) is 4. The smallest absolute Gasteiger partial charge is 0.416 e. The van der Waals surface area contributed by atoms with Crippen LogP contribution < -0.4 is 4.74 Å². The minimum absolute atomic E-state index is 0.0155. The van der Waals surface area contributed by atoms with Gasteiger partial charge in [-0.1, -0.05) is 0 Å². The normalized spacial score (nSPS) is 22.2. The lowest BCUT2D eigenvalue weighted by Crippen LogP contribution is -2.58. The van der Waals surface area contributed by atoms with Gasteiger partial charge in [0.15, 0.2) is 0 Å². The molecule has 0 spiro atoms. The number of allylic oxidation sites excluding steroid dienone is 1. The summed E-state index contributed by atoms with van der Waals surface area (Å²) in [6.07, 6.45) is -9.89. The summed E-state index contributed by atoms with van der Waals surface area (Å²) in [5.41, 5.74) is -1.25. The fourth-order valence-corrected chi connectivity index (χ4v) is 5.89. The van der Waals surface area contributed by atoms with E-state index in [2.05, 4.69) is 0 Å². The summed E-state index contributed by atoms with van der Waals surface area (Å²) in [5.74, 6) is -3.11. The highest BCUT2D eigenvalue weighted by atomic mass is 19.4. The first-order chi connectivity index (χ1) is 20.5. The minimum Gasteiger partial charge on any atom is -0.496 e. The Morgan fingerprint density at radius 2 is 1.59 bits per heavy atom. The van der Waals surface area contributed by atoms with Crippen LogP contribution in [0.4, 0.5) is 39.9 Å². The summed E-state index contributed by atoms with van der Waals surface area (Å²) in [4.78, 5) is 28.1. The molecule has 2 fully saturated rings. The second-order valence-corrected chi connectivity index (χ2v) is 11.2. The summed E-state index contributed by atoms with van der Waals surface area (Å²) < 4.78 is 118. The van der Waals surface area contributed by atoms with Crippen molar-refractivity contribution in [1.29, 1.82) is 0 Å². The molecule has 0 radical (unpaired) electrons. The van der Waals surface area contributed by atoms with Crippen molar-refractivity contribution in [2.24, 2.45) is 0 Å². The molecule has 2 saturated heterocycles. The number of amides is 2. The molecule has 0 saturated carbocycles. The van der Waals surface area contributed by atoms with Crippen LogP contribution in [0.3, 0.4) is 0 Å². The van der Waals surface area contributed by atoms with Crippen LogP contribution >= 0.6 is 0 Å². The summed E-state index contributed by atoms with van der Waals surface area (Å²) in [7, 11) is 1.42. The van der Waals surface area contributed by atoms with Gasteiger partial charge in [-0.3, -0.25) is 9.69 Å². The Morgan fingerprint density at radius 1 is 0.977 bits per heavy atom. The van der Waals surface area contributed by atoms with E-state index in [4.69, 9.17) is 9.47 Å². The maximum atomic E-state index is 13.5. The van der Waals surface area contributed by atoms with E-state index in [0.717, 1.165) is 28.9 Å². The Labute approximate surface area is 247 Å². The summed E-state index contributed by atoms with van der Waals surface area (Å²) in [6, 6.07) is 4.77. The van der Waals surface area contributed by atoms with E-state index >= 15 is 0 Å². The molecule has 5 rings (SSSR count). The van der Waals surface area contributed by atoms with Gasteiger partial charge >= 0.3 is 18.4 Å². The summed E-state index contributed by atoms with van der Waals surface area (Å²) in [5, 5.41) is 0. The van der Waals surface area contributed by atoms with Crippen molar-refractivity contribution in [3.05, 3.63) is 69.8 Å². The van der Waals surface area contributed by atoms with Crippen LogP contribution in [-0.4, -0.2) is 60.5 Å². The van der Waals surface area contributed by atoms with Gasteiger partial charge in [-0.25, -0.2) is 13.6 Å². The summed E-state index contributed by atoms with van der Waals surface area (Å²) in [6.45, 7) is 0.0761.